The van der Waals surface area contributed by atoms with Crippen molar-refractivity contribution in [2.24, 2.45) is 0 Å². The maximum absolute atomic E-state index is 12.3. The van der Waals surface area contributed by atoms with Crippen molar-refractivity contribution in [1.29, 1.82) is 0 Å². The number of carbonyl (C=O) groups excluding carboxylic acids is 1. The summed E-state index contributed by atoms with van der Waals surface area (Å²) >= 11 is 0. The van der Waals surface area contributed by atoms with Crippen molar-refractivity contribution in [2.45, 2.75) is 6.92 Å². The van der Waals surface area contributed by atoms with Crippen molar-refractivity contribution in [3.8, 4) is 11.5 Å². The zero-order valence-corrected chi connectivity index (χ0v) is 12.1. The molecule has 0 aromatic heterocycles. The summed E-state index contributed by atoms with van der Waals surface area (Å²) in [7, 11) is 1.53. The minimum absolute atomic E-state index is 0.275. The molecule has 5 heteroatoms. The van der Waals surface area contributed by atoms with Crippen LogP contribution >= 0.6 is 0 Å². The zero-order chi connectivity index (χ0) is 15.2. The molecule has 0 saturated heterocycles. The Hall–Kier alpha value is -2.69. The maximum atomic E-state index is 12.3. The van der Waals surface area contributed by atoms with Gasteiger partial charge in [0, 0.05) is 6.07 Å². The molecule has 0 aliphatic heterocycles. The van der Waals surface area contributed by atoms with Gasteiger partial charge in [0.25, 0.3) is 5.91 Å². The molecular formula is C16H18N2O3. The standard InChI is InChI=1S/C16H18N2O3/c1-3-21-11-8-9-14(13(17)10-11)18-16(19)12-6-4-5-7-15(12)20-2/h4-10H,3,17H2,1-2H3,(H,18,19). The number of carbonyl (C=O) groups is 1. The van der Waals surface area contributed by atoms with Crippen molar-refractivity contribution < 1.29 is 14.3 Å². The van der Waals surface area contributed by atoms with Crippen LogP contribution in [-0.4, -0.2) is 19.6 Å². The zero-order valence-electron chi connectivity index (χ0n) is 12.1. The average molecular weight is 286 g/mol. The first-order chi connectivity index (χ1) is 10.2. The lowest BCUT2D eigenvalue weighted by molar-refractivity contribution is 0.102. The van der Waals surface area contributed by atoms with Crippen LogP contribution in [0.25, 0.3) is 0 Å². The third-order valence-electron chi connectivity index (χ3n) is 2.93. The number of rotatable bonds is 5. The van der Waals surface area contributed by atoms with E-state index in [9.17, 15) is 4.79 Å². The van der Waals surface area contributed by atoms with Crippen molar-refractivity contribution >= 4 is 17.3 Å². The van der Waals surface area contributed by atoms with Gasteiger partial charge in [-0.1, -0.05) is 12.1 Å². The van der Waals surface area contributed by atoms with E-state index < -0.39 is 0 Å². The topological polar surface area (TPSA) is 73.6 Å². The Morgan fingerprint density at radius 1 is 1.24 bits per heavy atom. The molecule has 110 valence electrons. The number of benzene rings is 2. The Balaban J connectivity index is 2.19. The number of nitrogens with one attached hydrogen (secondary N) is 1. The van der Waals surface area contributed by atoms with Gasteiger partial charge in [-0.2, -0.15) is 0 Å². The van der Waals surface area contributed by atoms with Crippen LogP contribution < -0.4 is 20.5 Å². The Bertz CT molecular complexity index is 641. The van der Waals surface area contributed by atoms with Gasteiger partial charge in [-0.15, -0.1) is 0 Å². The fourth-order valence-corrected chi connectivity index (χ4v) is 1.93. The first-order valence-corrected chi connectivity index (χ1v) is 6.62. The molecule has 1 amide bonds. The van der Waals surface area contributed by atoms with Gasteiger partial charge >= 0.3 is 0 Å². The normalized spacial score (nSPS) is 10.0. The molecule has 2 rings (SSSR count). The van der Waals surface area contributed by atoms with Crippen LogP contribution in [0.2, 0.25) is 0 Å². The number of hydrogen-bond acceptors (Lipinski definition) is 4. The third kappa shape index (κ3) is 3.45. The van der Waals surface area contributed by atoms with Crippen LogP contribution in [-0.2, 0) is 0 Å². The van der Waals surface area contributed by atoms with Crippen LogP contribution in [0.5, 0.6) is 11.5 Å². The molecule has 0 atom stereocenters. The molecule has 0 spiro atoms. The molecule has 0 heterocycles. The largest absolute Gasteiger partial charge is 0.496 e. The molecular weight excluding hydrogens is 268 g/mol. The van der Waals surface area contributed by atoms with E-state index >= 15 is 0 Å². The lowest BCUT2D eigenvalue weighted by Gasteiger charge is -2.12. The quantitative estimate of drug-likeness (QED) is 0.829. The molecule has 0 unspecified atom stereocenters. The summed E-state index contributed by atoms with van der Waals surface area (Å²) in [5.41, 5.74) is 7.36. The highest BCUT2D eigenvalue weighted by atomic mass is 16.5. The van der Waals surface area contributed by atoms with E-state index in [2.05, 4.69) is 5.32 Å². The van der Waals surface area contributed by atoms with E-state index in [4.69, 9.17) is 15.2 Å². The summed E-state index contributed by atoms with van der Waals surface area (Å²) in [5, 5.41) is 2.77. The maximum Gasteiger partial charge on any atom is 0.259 e. The van der Waals surface area contributed by atoms with E-state index in [1.54, 1.807) is 42.5 Å². The molecule has 2 aromatic carbocycles. The van der Waals surface area contributed by atoms with Gasteiger partial charge < -0.3 is 20.5 Å². The molecule has 0 saturated carbocycles. The smallest absolute Gasteiger partial charge is 0.259 e. The molecule has 21 heavy (non-hydrogen) atoms. The number of para-hydroxylation sites is 1. The van der Waals surface area contributed by atoms with E-state index in [-0.39, 0.29) is 5.91 Å². The summed E-state index contributed by atoms with van der Waals surface area (Å²) in [6.07, 6.45) is 0. The number of methoxy groups -OCH3 is 1. The number of nitrogen functional groups attached to an aromatic ring is 1. The van der Waals surface area contributed by atoms with Crippen molar-refractivity contribution in [3.63, 3.8) is 0 Å². The molecule has 2 aromatic rings. The first kappa shape index (κ1) is 14.7. The Morgan fingerprint density at radius 2 is 2.00 bits per heavy atom. The summed E-state index contributed by atoms with van der Waals surface area (Å²) in [6, 6.07) is 12.2. The molecule has 0 radical (unpaired) electrons. The molecule has 0 fully saturated rings. The highest BCUT2D eigenvalue weighted by Gasteiger charge is 2.13. The van der Waals surface area contributed by atoms with Crippen molar-refractivity contribution in [1.82, 2.24) is 0 Å². The highest BCUT2D eigenvalue weighted by Crippen LogP contribution is 2.26. The van der Waals surface area contributed by atoms with Crippen molar-refractivity contribution in [2.75, 3.05) is 24.8 Å². The summed E-state index contributed by atoms with van der Waals surface area (Å²) in [5.74, 6) is 0.910. The van der Waals surface area contributed by atoms with Crippen molar-refractivity contribution in [3.05, 3.63) is 48.0 Å². The van der Waals surface area contributed by atoms with Crippen LogP contribution in [0.15, 0.2) is 42.5 Å². The minimum Gasteiger partial charge on any atom is -0.496 e. The summed E-state index contributed by atoms with van der Waals surface area (Å²) < 4.78 is 10.5. The van der Waals surface area contributed by atoms with E-state index in [0.717, 1.165) is 0 Å². The second-order valence-electron chi connectivity index (χ2n) is 4.34. The highest BCUT2D eigenvalue weighted by molar-refractivity contribution is 6.07. The van der Waals surface area contributed by atoms with E-state index in [1.165, 1.54) is 7.11 Å². The van der Waals surface area contributed by atoms with Crippen LogP contribution in [0.3, 0.4) is 0 Å². The monoisotopic (exact) mass is 286 g/mol. The molecule has 0 aliphatic carbocycles. The minimum atomic E-state index is -0.275. The van der Waals surface area contributed by atoms with Crippen LogP contribution in [0, 0.1) is 0 Å². The predicted octanol–water partition coefficient (Wildman–Crippen LogP) is 2.93. The second-order valence-corrected chi connectivity index (χ2v) is 4.34. The SMILES string of the molecule is CCOc1ccc(NC(=O)c2ccccc2OC)c(N)c1. The number of anilines is 2. The Labute approximate surface area is 123 Å². The predicted molar refractivity (Wildman–Crippen MR) is 83.0 cm³/mol. The lowest BCUT2D eigenvalue weighted by atomic mass is 10.1. The van der Waals surface area contributed by atoms with Gasteiger partial charge in [0.2, 0.25) is 0 Å². The van der Waals surface area contributed by atoms with E-state index in [0.29, 0.717) is 35.0 Å². The Kier molecular flexibility index (Phi) is 4.66. The molecule has 5 nitrogen and oxygen atoms in total. The molecule has 0 bridgehead atoms. The molecule has 0 aliphatic rings. The summed E-state index contributed by atoms with van der Waals surface area (Å²) in [6.45, 7) is 2.46. The van der Waals surface area contributed by atoms with Gasteiger partial charge in [-0.05, 0) is 31.2 Å². The van der Waals surface area contributed by atoms with Crippen LogP contribution in [0.4, 0.5) is 11.4 Å². The Morgan fingerprint density at radius 3 is 2.67 bits per heavy atom. The number of hydrogen-bond donors (Lipinski definition) is 2. The third-order valence-corrected chi connectivity index (χ3v) is 2.93. The van der Waals surface area contributed by atoms with Gasteiger partial charge in [-0.25, -0.2) is 0 Å². The van der Waals surface area contributed by atoms with E-state index in [1.807, 2.05) is 6.92 Å². The molecule has 3 N–H and O–H groups in total. The fraction of sp³-hybridized carbons (Fsp3) is 0.188. The number of amides is 1. The van der Waals surface area contributed by atoms with Gasteiger partial charge in [0.15, 0.2) is 0 Å². The summed E-state index contributed by atoms with van der Waals surface area (Å²) in [4.78, 5) is 12.3. The second kappa shape index (κ2) is 6.65. The average Bonchev–Trinajstić information content (AvgIpc) is 2.50. The fourth-order valence-electron chi connectivity index (χ4n) is 1.93. The van der Waals surface area contributed by atoms with Gasteiger partial charge in [0.05, 0.1) is 30.7 Å². The van der Waals surface area contributed by atoms with Gasteiger partial charge in [0.1, 0.15) is 11.5 Å². The lowest BCUT2D eigenvalue weighted by Crippen LogP contribution is -2.14. The number of ether oxygens (including phenoxy) is 2. The first-order valence-electron chi connectivity index (χ1n) is 6.62. The van der Waals surface area contributed by atoms with Gasteiger partial charge in [-0.3, -0.25) is 4.79 Å². The number of nitrogens with two attached hydrogens (primary N) is 1. The van der Waals surface area contributed by atoms with Crippen LogP contribution in [0.1, 0.15) is 17.3 Å².